The Bertz CT molecular complexity index is 776. The normalized spacial score (nSPS) is 25.1. The number of hydrogen-bond acceptors (Lipinski definition) is 6. The maximum Gasteiger partial charge on any atom is 0.305 e. The SMILES string of the molecule is COc1cnc(Sc2ccc(C(N)=O)c([C@H]3C[C@H]4CC[C@@H]3N4)c2)o1. The summed E-state index contributed by atoms with van der Waals surface area (Å²) in [6.07, 6.45) is 4.98. The van der Waals surface area contributed by atoms with E-state index in [9.17, 15) is 4.79 Å². The fourth-order valence-electron chi connectivity index (χ4n) is 3.79. The van der Waals surface area contributed by atoms with Gasteiger partial charge in [-0.15, -0.1) is 0 Å². The molecule has 3 heterocycles. The highest BCUT2D eigenvalue weighted by Crippen LogP contribution is 2.42. The quantitative estimate of drug-likeness (QED) is 0.865. The molecule has 7 heteroatoms. The number of carbonyl (C=O) groups is 1. The summed E-state index contributed by atoms with van der Waals surface area (Å²) in [5.74, 6) is 0.344. The Kier molecular flexibility index (Phi) is 3.97. The zero-order chi connectivity index (χ0) is 16.7. The fourth-order valence-corrected chi connectivity index (χ4v) is 4.54. The summed E-state index contributed by atoms with van der Waals surface area (Å²) in [5, 5.41) is 4.13. The second-order valence-electron chi connectivity index (χ2n) is 6.25. The van der Waals surface area contributed by atoms with Gasteiger partial charge < -0.3 is 20.2 Å². The van der Waals surface area contributed by atoms with Crippen molar-refractivity contribution in [3.63, 3.8) is 0 Å². The van der Waals surface area contributed by atoms with Crippen molar-refractivity contribution in [3.05, 3.63) is 35.5 Å². The molecule has 2 fully saturated rings. The molecule has 4 rings (SSSR count). The predicted octanol–water partition coefficient (Wildman–Crippen LogP) is 2.54. The van der Waals surface area contributed by atoms with Crippen molar-refractivity contribution < 1.29 is 13.9 Å². The van der Waals surface area contributed by atoms with Gasteiger partial charge in [0, 0.05) is 28.5 Å². The van der Waals surface area contributed by atoms with Gasteiger partial charge in [-0.25, -0.2) is 4.98 Å². The maximum atomic E-state index is 11.8. The number of ether oxygens (including phenoxy) is 1. The number of hydrogen-bond donors (Lipinski definition) is 2. The van der Waals surface area contributed by atoms with E-state index >= 15 is 0 Å². The van der Waals surface area contributed by atoms with Crippen LogP contribution in [-0.2, 0) is 0 Å². The van der Waals surface area contributed by atoms with E-state index in [4.69, 9.17) is 14.9 Å². The summed E-state index contributed by atoms with van der Waals surface area (Å²) in [4.78, 5) is 17.0. The number of rotatable bonds is 5. The molecule has 2 aliphatic rings. The molecular weight excluding hydrogens is 326 g/mol. The molecule has 2 bridgehead atoms. The summed E-state index contributed by atoms with van der Waals surface area (Å²) in [6.45, 7) is 0. The van der Waals surface area contributed by atoms with Crippen molar-refractivity contribution in [2.45, 2.75) is 47.4 Å². The topological polar surface area (TPSA) is 90.4 Å². The van der Waals surface area contributed by atoms with Crippen molar-refractivity contribution >= 4 is 17.7 Å². The lowest BCUT2D eigenvalue weighted by Gasteiger charge is -2.23. The van der Waals surface area contributed by atoms with Crippen LogP contribution in [0.4, 0.5) is 0 Å². The largest absolute Gasteiger partial charge is 0.467 e. The number of nitrogens with two attached hydrogens (primary N) is 1. The Morgan fingerprint density at radius 2 is 2.33 bits per heavy atom. The number of oxazole rings is 1. The van der Waals surface area contributed by atoms with Crippen LogP contribution >= 0.6 is 11.8 Å². The Labute approximate surface area is 144 Å². The second-order valence-corrected chi connectivity index (χ2v) is 7.28. The van der Waals surface area contributed by atoms with E-state index in [1.165, 1.54) is 25.3 Å². The number of methoxy groups -OCH3 is 1. The number of primary amides is 1. The van der Waals surface area contributed by atoms with Crippen LogP contribution in [0.1, 0.15) is 41.1 Å². The van der Waals surface area contributed by atoms with Crippen molar-refractivity contribution in [1.82, 2.24) is 10.3 Å². The van der Waals surface area contributed by atoms with Gasteiger partial charge in [-0.2, -0.15) is 0 Å². The number of aromatic nitrogens is 1. The number of carbonyl (C=O) groups excluding carboxylic acids is 1. The molecule has 1 amide bonds. The van der Waals surface area contributed by atoms with Gasteiger partial charge in [0.15, 0.2) is 0 Å². The van der Waals surface area contributed by atoms with Gasteiger partial charge in [0.05, 0.1) is 7.11 Å². The fraction of sp³-hybridized carbons (Fsp3) is 0.412. The molecule has 0 aliphatic carbocycles. The Morgan fingerprint density at radius 3 is 2.96 bits per heavy atom. The molecule has 6 nitrogen and oxygen atoms in total. The third kappa shape index (κ3) is 2.78. The predicted molar refractivity (Wildman–Crippen MR) is 89.4 cm³/mol. The van der Waals surface area contributed by atoms with Crippen molar-refractivity contribution in [1.29, 1.82) is 0 Å². The summed E-state index contributed by atoms with van der Waals surface area (Å²) < 4.78 is 10.5. The molecule has 2 saturated heterocycles. The molecule has 1 aromatic carbocycles. The molecule has 2 aromatic rings. The van der Waals surface area contributed by atoms with Crippen LogP contribution in [0, 0.1) is 0 Å². The van der Waals surface area contributed by atoms with Crippen molar-refractivity contribution in [2.75, 3.05) is 7.11 Å². The minimum Gasteiger partial charge on any atom is -0.467 e. The van der Waals surface area contributed by atoms with Gasteiger partial charge >= 0.3 is 5.95 Å². The second kappa shape index (κ2) is 6.14. The first-order valence-electron chi connectivity index (χ1n) is 8.01. The monoisotopic (exact) mass is 345 g/mol. The summed E-state index contributed by atoms with van der Waals surface area (Å²) in [5.41, 5.74) is 7.24. The van der Waals surface area contributed by atoms with Crippen LogP contribution < -0.4 is 15.8 Å². The molecule has 0 unspecified atom stereocenters. The van der Waals surface area contributed by atoms with E-state index in [0.717, 1.165) is 23.3 Å². The molecule has 0 spiro atoms. The van der Waals surface area contributed by atoms with Gasteiger partial charge in [-0.1, -0.05) is 0 Å². The Hall–Kier alpha value is -1.99. The summed E-state index contributed by atoms with van der Waals surface area (Å²) >= 11 is 1.41. The number of nitrogens with one attached hydrogen (secondary N) is 1. The average Bonchev–Trinajstić information content (AvgIpc) is 3.31. The average molecular weight is 345 g/mol. The Morgan fingerprint density at radius 1 is 1.46 bits per heavy atom. The van der Waals surface area contributed by atoms with Gasteiger partial charge in [-0.3, -0.25) is 4.79 Å². The lowest BCUT2D eigenvalue weighted by atomic mass is 9.82. The van der Waals surface area contributed by atoms with Gasteiger partial charge in [0.2, 0.25) is 5.91 Å². The lowest BCUT2D eigenvalue weighted by Crippen LogP contribution is -2.24. The highest BCUT2D eigenvalue weighted by Gasteiger charge is 2.40. The minimum atomic E-state index is -0.373. The van der Waals surface area contributed by atoms with E-state index in [0.29, 0.717) is 34.7 Å². The first-order valence-corrected chi connectivity index (χ1v) is 8.83. The van der Waals surface area contributed by atoms with E-state index in [1.807, 2.05) is 12.1 Å². The third-order valence-electron chi connectivity index (χ3n) is 4.86. The number of fused-ring (bicyclic) bond motifs is 2. The van der Waals surface area contributed by atoms with Crippen LogP contribution in [0.2, 0.25) is 0 Å². The number of benzene rings is 1. The van der Waals surface area contributed by atoms with Gasteiger partial charge in [0.1, 0.15) is 6.20 Å². The zero-order valence-corrected chi connectivity index (χ0v) is 14.1. The molecular formula is C17H19N3O3S. The van der Waals surface area contributed by atoms with Crippen LogP contribution in [0.15, 0.2) is 38.9 Å². The molecule has 126 valence electrons. The van der Waals surface area contributed by atoms with Gasteiger partial charge in [-0.05, 0) is 54.8 Å². The molecule has 3 atom stereocenters. The van der Waals surface area contributed by atoms with Crippen LogP contribution in [0.25, 0.3) is 0 Å². The van der Waals surface area contributed by atoms with Crippen molar-refractivity contribution in [3.8, 4) is 5.95 Å². The van der Waals surface area contributed by atoms with Crippen LogP contribution in [-0.4, -0.2) is 30.1 Å². The third-order valence-corrected chi connectivity index (χ3v) is 5.71. The van der Waals surface area contributed by atoms with E-state index in [-0.39, 0.29) is 5.91 Å². The Balaban J connectivity index is 1.64. The first kappa shape index (κ1) is 15.5. The summed E-state index contributed by atoms with van der Waals surface area (Å²) in [6, 6.07) is 6.75. The van der Waals surface area contributed by atoms with E-state index in [2.05, 4.69) is 16.4 Å². The van der Waals surface area contributed by atoms with E-state index in [1.54, 1.807) is 6.20 Å². The molecule has 0 radical (unpaired) electrons. The van der Waals surface area contributed by atoms with Crippen LogP contribution in [0.5, 0.6) is 5.95 Å². The smallest absolute Gasteiger partial charge is 0.305 e. The lowest BCUT2D eigenvalue weighted by molar-refractivity contribution is 0.0998. The maximum absolute atomic E-state index is 11.8. The van der Waals surface area contributed by atoms with E-state index < -0.39 is 0 Å². The first-order chi connectivity index (χ1) is 11.6. The van der Waals surface area contributed by atoms with Crippen LogP contribution in [0.3, 0.4) is 0 Å². The van der Waals surface area contributed by atoms with Crippen molar-refractivity contribution in [2.24, 2.45) is 5.73 Å². The number of nitrogens with zero attached hydrogens (tertiary/aromatic N) is 1. The highest BCUT2D eigenvalue weighted by molar-refractivity contribution is 7.99. The molecule has 3 N–H and O–H groups in total. The molecule has 2 aliphatic heterocycles. The molecule has 24 heavy (non-hydrogen) atoms. The minimum absolute atomic E-state index is 0.339. The standard InChI is InChI=1S/C17H19N3O3S/c1-22-15-8-19-17(23-15)24-10-3-4-11(16(18)21)12(7-10)13-6-9-2-5-14(13)20-9/h3-4,7-9,13-14,20H,2,5-6H2,1H3,(H2,18,21)/t9-,13-,14+/m1/s1. The number of amides is 1. The zero-order valence-electron chi connectivity index (χ0n) is 13.3. The molecule has 1 aromatic heterocycles. The molecule has 0 saturated carbocycles. The van der Waals surface area contributed by atoms with Gasteiger partial charge in [0.25, 0.3) is 5.22 Å². The summed E-state index contributed by atoms with van der Waals surface area (Å²) in [7, 11) is 1.54. The highest BCUT2D eigenvalue weighted by atomic mass is 32.2.